The standard InChI is InChI=1S/C20H20ClN5O2/c1-14-11-18(27-15-5-3-2-4-6-15)25-20(23-14)26-9-7-16(8-10-26)28-19-13-22-12-17(21)24-19/h2-6,11-13,16H,7-10H2,1H3. The van der Waals surface area contributed by atoms with Gasteiger partial charge in [-0.15, -0.1) is 0 Å². The Bertz CT molecular complexity index is 933. The highest BCUT2D eigenvalue weighted by Crippen LogP contribution is 2.25. The Morgan fingerprint density at radius 2 is 1.79 bits per heavy atom. The Balaban J connectivity index is 1.40. The summed E-state index contributed by atoms with van der Waals surface area (Å²) < 4.78 is 11.8. The van der Waals surface area contributed by atoms with Gasteiger partial charge in [-0.1, -0.05) is 29.8 Å². The number of halogens is 1. The Kier molecular flexibility index (Phi) is 5.53. The maximum atomic E-state index is 5.90. The number of anilines is 1. The number of para-hydroxylation sites is 1. The molecule has 0 saturated carbocycles. The molecule has 0 radical (unpaired) electrons. The molecule has 1 aliphatic rings. The van der Waals surface area contributed by atoms with Crippen LogP contribution in [0.2, 0.25) is 5.15 Å². The van der Waals surface area contributed by atoms with Crippen LogP contribution >= 0.6 is 11.6 Å². The maximum Gasteiger partial charge on any atom is 0.234 e. The average molecular weight is 398 g/mol. The third-order valence-electron chi connectivity index (χ3n) is 4.38. The van der Waals surface area contributed by atoms with Gasteiger partial charge in [-0.25, -0.2) is 4.98 Å². The number of aryl methyl sites for hydroxylation is 1. The lowest BCUT2D eigenvalue weighted by Crippen LogP contribution is -2.39. The van der Waals surface area contributed by atoms with Gasteiger partial charge in [-0.05, 0) is 19.1 Å². The molecule has 4 rings (SSSR count). The van der Waals surface area contributed by atoms with E-state index in [9.17, 15) is 0 Å². The predicted octanol–water partition coefficient (Wildman–Crippen LogP) is 4.07. The number of piperidine rings is 1. The fraction of sp³-hybridized carbons (Fsp3) is 0.300. The highest BCUT2D eigenvalue weighted by Gasteiger charge is 2.23. The van der Waals surface area contributed by atoms with E-state index in [0.717, 1.165) is 37.4 Å². The van der Waals surface area contributed by atoms with Gasteiger partial charge >= 0.3 is 0 Å². The molecule has 0 N–H and O–H groups in total. The quantitative estimate of drug-likeness (QED) is 0.642. The van der Waals surface area contributed by atoms with E-state index >= 15 is 0 Å². The van der Waals surface area contributed by atoms with Gasteiger partial charge in [-0.3, -0.25) is 4.98 Å². The van der Waals surface area contributed by atoms with Crippen LogP contribution in [0.1, 0.15) is 18.5 Å². The number of ether oxygens (including phenoxy) is 2. The van der Waals surface area contributed by atoms with E-state index < -0.39 is 0 Å². The van der Waals surface area contributed by atoms with Crippen LogP contribution in [0.3, 0.4) is 0 Å². The summed E-state index contributed by atoms with van der Waals surface area (Å²) >= 11 is 5.86. The summed E-state index contributed by atoms with van der Waals surface area (Å²) in [5, 5.41) is 0.328. The molecule has 0 unspecified atom stereocenters. The van der Waals surface area contributed by atoms with E-state index in [4.69, 9.17) is 21.1 Å². The van der Waals surface area contributed by atoms with E-state index in [1.807, 2.05) is 43.3 Å². The highest BCUT2D eigenvalue weighted by atomic mass is 35.5. The van der Waals surface area contributed by atoms with Crippen LogP contribution < -0.4 is 14.4 Å². The number of hydrogen-bond acceptors (Lipinski definition) is 7. The van der Waals surface area contributed by atoms with Gasteiger partial charge in [0.2, 0.25) is 17.7 Å². The number of benzene rings is 1. The molecule has 0 aliphatic carbocycles. The van der Waals surface area contributed by atoms with Crippen molar-refractivity contribution < 1.29 is 9.47 Å². The molecule has 28 heavy (non-hydrogen) atoms. The van der Waals surface area contributed by atoms with Crippen molar-refractivity contribution in [2.24, 2.45) is 0 Å². The Morgan fingerprint density at radius 1 is 1.00 bits per heavy atom. The predicted molar refractivity (Wildman–Crippen MR) is 106 cm³/mol. The molecule has 0 atom stereocenters. The third-order valence-corrected chi connectivity index (χ3v) is 4.56. The van der Waals surface area contributed by atoms with E-state index in [-0.39, 0.29) is 6.10 Å². The fourth-order valence-electron chi connectivity index (χ4n) is 3.05. The molecule has 1 saturated heterocycles. The zero-order chi connectivity index (χ0) is 19.3. The topological polar surface area (TPSA) is 73.3 Å². The largest absolute Gasteiger partial charge is 0.473 e. The summed E-state index contributed by atoms with van der Waals surface area (Å²) in [4.78, 5) is 19.4. The van der Waals surface area contributed by atoms with E-state index in [1.54, 1.807) is 6.20 Å². The van der Waals surface area contributed by atoms with Gasteiger partial charge in [0.05, 0.1) is 12.4 Å². The molecule has 0 spiro atoms. The van der Waals surface area contributed by atoms with E-state index in [1.165, 1.54) is 6.20 Å². The van der Waals surface area contributed by atoms with Crippen molar-refractivity contribution in [3.63, 3.8) is 0 Å². The van der Waals surface area contributed by atoms with Crippen molar-refractivity contribution in [3.8, 4) is 17.5 Å². The number of rotatable bonds is 5. The Hall–Kier alpha value is -2.93. The monoisotopic (exact) mass is 397 g/mol. The molecule has 3 heterocycles. The number of hydrogen-bond donors (Lipinski definition) is 0. The Labute approximate surface area is 168 Å². The fourth-order valence-corrected chi connectivity index (χ4v) is 3.19. The third kappa shape index (κ3) is 4.67. The van der Waals surface area contributed by atoms with Crippen LogP contribution in [0.15, 0.2) is 48.8 Å². The minimum absolute atomic E-state index is 0.0638. The summed E-state index contributed by atoms with van der Waals surface area (Å²) in [6.45, 7) is 3.51. The molecular weight excluding hydrogens is 378 g/mol. The SMILES string of the molecule is Cc1cc(Oc2ccccc2)nc(N2CCC(Oc3cncc(Cl)n3)CC2)n1. The molecule has 7 nitrogen and oxygen atoms in total. The van der Waals surface area contributed by atoms with Crippen molar-refractivity contribution >= 4 is 17.5 Å². The minimum atomic E-state index is 0.0638. The molecule has 3 aromatic rings. The number of aromatic nitrogens is 4. The summed E-state index contributed by atoms with van der Waals surface area (Å²) in [5.41, 5.74) is 0.864. The Morgan fingerprint density at radius 3 is 2.54 bits per heavy atom. The zero-order valence-electron chi connectivity index (χ0n) is 15.5. The smallest absolute Gasteiger partial charge is 0.234 e. The average Bonchev–Trinajstić information content (AvgIpc) is 2.69. The van der Waals surface area contributed by atoms with Crippen molar-refractivity contribution in [2.75, 3.05) is 18.0 Å². The van der Waals surface area contributed by atoms with Crippen LogP contribution in [0.25, 0.3) is 0 Å². The molecule has 0 bridgehead atoms. The number of nitrogens with zero attached hydrogens (tertiary/aromatic N) is 5. The van der Waals surface area contributed by atoms with Crippen LogP contribution in [0.4, 0.5) is 5.95 Å². The summed E-state index contributed by atoms with van der Waals surface area (Å²) in [6, 6.07) is 11.4. The van der Waals surface area contributed by atoms with Gasteiger partial charge in [0.25, 0.3) is 0 Å². The van der Waals surface area contributed by atoms with Crippen LogP contribution in [-0.2, 0) is 0 Å². The first-order valence-electron chi connectivity index (χ1n) is 9.13. The van der Waals surface area contributed by atoms with Crippen molar-refractivity contribution in [1.82, 2.24) is 19.9 Å². The molecule has 0 amide bonds. The molecular formula is C20H20ClN5O2. The minimum Gasteiger partial charge on any atom is -0.473 e. The second kappa shape index (κ2) is 8.39. The molecule has 1 fully saturated rings. The molecule has 144 valence electrons. The second-order valence-corrected chi connectivity index (χ2v) is 6.93. The van der Waals surface area contributed by atoms with E-state index in [2.05, 4.69) is 24.8 Å². The van der Waals surface area contributed by atoms with Crippen LogP contribution in [-0.4, -0.2) is 39.1 Å². The summed E-state index contributed by atoms with van der Waals surface area (Å²) in [7, 11) is 0. The molecule has 1 aromatic carbocycles. The van der Waals surface area contributed by atoms with Crippen molar-refractivity contribution in [3.05, 3.63) is 59.6 Å². The molecule has 8 heteroatoms. The second-order valence-electron chi connectivity index (χ2n) is 6.55. The van der Waals surface area contributed by atoms with Crippen molar-refractivity contribution in [2.45, 2.75) is 25.9 Å². The van der Waals surface area contributed by atoms with Crippen molar-refractivity contribution in [1.29, 1.82) is 0 Å². The lowest BCUT2D eigenvalue weighted by atomic mass is 10.1. The normalized spacial score (nSPS) is 14.7. The van der Waals surface area contributed by atoms with Gasteiger partial charge in [0.15, 0.2) is 5.15 Å². The first kappa shape index (κ1) is 18.4. The lowest BCUT2D eigenvalue weighted by Gasteiger charge is -2.32. The van der Waals surface area contributed by atoms with Crippen LogP contribution in [0.5, 0.6) is 17.5 Å². The lowest BCUT2D eigenvalue weighted by molar-refractivity contribution is 0.163. The first-order chi connectivity index (χ1) is 13.7. The van der Waals surface area contributed by atoms with Gasteiger partial charge in [0.1, 0.15) is 11.9 Å². The zero-order valence-corrected chi connectivity index (χ0v) is 16.2. The van der Waals surface area contributed by atoms with Gasteiger partial charge < -0.3 is 14.4 Å². The van der Waals surface area contributed by atoms with Crippen LogP contribution in [0, 0.1) is 6.92 Å². The molecule has 1 aliphatic heterocycles. The van der Waals surface area contributed by atoms with Gasteiger partial charge in [0, 0.05) is 37.7 Å². The molecule has 2 aromatic heterocycles. The van der Waals surface area contributed by atoms with E-state index in [0.29, 0.717) is 22.9 Å². The van der Waals surface area contributed by atoms with Gasteiger partial charge in [-0.2, -0.15) is 9.97 Å². The highest BCUT2D eigenvalue weighted by molar-refractivity contribution is 6.29. The summed E-state index contributed by atoms with van der Waals surface area (Å²) in [5.74, 6) is 2.42. The maximum absolute atomic E-state index is 5.90. The first-order valence-corrected chi connectivity index (χ1v) is 9.51. The summed E-state index contributed by atoms with van der Waals surface area (Å²) in [6.07, 6.45) is 4.80.